The summed E-state index contributed by atoms with van der Waals surface area (Å²) in [4.78, 5) is 19.3. The van der Waals surface area contributed by atoms with E-state index < -0.39 is 6.10 Å². The largest absolute Gasteiger partial charge is 0.391 e. The first-order valence-electron chi connectivity index (χ1n) is 10.0. The van der Waals surface area contributed by atoms with Crippen LogP contribution in [0.4, 0.5) is 0 Å². The second kappa shape index (κ2) is 7.15. The summed E-state index contributed by atoms with van der Waals surface area (Å²) in [6.07, 6.45) is 9.18. The van der Waals surface area contributed by atoms with Gasteiger partial charge in [0.05, 0.1) is 23.4 Å². The van der Waals surface area contributed by atoms with Crippen molar-refractivity contribution in [2.24, 2.45) is 11.8 Å². The number of amides is 1. The molecular formula is C20H25N5O2S. The molecular weight excluding hydrogens is 374 g/mol. The summed E-state index contributed by atoms with van der Waals surface area (Å²) in [6, 6.07) is 3.63. The van der Waals surface area contributed by atoms with Crippen molar-refractivity contribution < 1.29 is 9.90 Å². The van der Waals surface area contributed by atoms with Crippen molar-refractivity contribution in [2.75, 3.05) is 19.3 Å². The number of likely N-dealkylation sites (tertiary alicyclic amines) is 1. The Morgan fingerprint density at radius 1 is 1.25 bits per heavy atom. The summed E-state index contributed by atoms with van der Waals surface area (Å²) in [6.45, 7) is 1.44. The van der Waals surface area contributed by atoms with Gasteiger partial charge in [-0.1, -0.05) is 5.21 Å². The lowest BCUT2D eigenvalue weighted by molar-refractivity contribution is 0.0298. The van der Waals surface area contributed by atoms with Crippen molar-refractivity contribution in [2.45, 2.75) is 48.8 Å². The van der Waals surface area contributed by atoms with E-state index in [0.29, 0.717) is 36.3 Å². The monoisotopic (exact) mass is 399 g/mol. The highest BCUT2D eigenvalue weighted by Crippen LogP contribution is 2.43. The van der Waals surface area contributed by atoms with Gasteiger partial charge in [-0.3, -0.25) is 4.79 Å². The van der Waals surface area contributed by atoms with Crippen LogP contribution < -0.4 is 0 Å². The molecule has 0 aromatic carbocycles. The maximum atomic E-state index is 13.1. The minimum Gasteiger partial charge on any atom is -0.391 e. The smallest absolute Gasteiger partial charge is 0.256 e. The van der Waals surface area contributed by atoms with Gasteiger partial charge in [0.2, 0.25) is 0 Å². The van der Waals surface area contributed by atoms with Gasteiger partial charge >= 0.3 is 0 Å². The summed E-state index contributed by atoms with van der Waals surface area (Å²) in [7, 11) is 0. The summed E-state index contributed by atoms with van der Waals surface area (Å²) in [5.74, 6) is 1.35. The lowest BCUT2D eigenvalue weighted by Crippen LogP contribution is -2.36. The minimum atomic E-state index is -0.440. The summed E-state index contributed by atoms with van der Waals surface area (Å²) in [5.41, 5.74) is 1.73. The molecule has 3 aliphatic rings. The van der Waals surface area contributed by atoms with Crippen LogP contribution in [0.1, 0.15) is 53.7 Å². The summed E-state index contributed by atoms with van der Waals surface area (Å²) < 4.78 is 1.87. The Morgan fingerprint density at radius 3 is 2.79 bits per heavy atom. The second-order valence-electron chi connectivity index (χ2n) is 8.29. The van der Waals surface area contributed by atoms with E-state index >= 15 is 0 Å². The number of fused-ring (bicyclic) bond motifs is 1. The molecule has 2 aromatic rings. The average molecular weight is 400 g/mol. The molecule has 1 saturated heterocycles. The number of carbonyl (C=O) groups is 1. The van der Waals surface area contributed by atoms with Gasteiger partial charge in [-0.2, -0.15) is 0 Å². The molecule has 5 rings (SSSR count). The van der Waals surface area contributed by atoms with Gasteiger partial charge in [0, 0.05) is 31.4 Å². The first kappa shape index (κ1) is 18.1. The Kier molecular flexibility index (Phi) is 4.63. The molecule has 3 heterocycles. The van der Waals surface area contributed by atoms with Gasteiger partial charge in [-0.25, -0.2) is 9.67 Å². The summed E-state index contributed by atoms with van der Waals surface area (Å²) in [5, 5.41) is 20.1. The molecule has 148 valence electrons. The zero-order valence-electron chi connectivity index (χ0n) is 15.9. The molecule has 8 heteroatoms. The number of aliphatic hydroxyl groups is 1. The van der Waals surface area contributed by atoms with E-state index in [2.05, 4.69) is 15.3 Å². The third kappa shape index (κ3) is 3.22. The van der Waals surface area contributed by atoms with E-state index in [-0.39, 0.29) is 11.9 Å². The Bertz CT molecular complexity index is 883. The second-order valence-corrected chi connectivity index (χ2v) is 9.09. The molecule has 28 heavy (non-hydrogen) atoms. The highest BCUT2D eigenvalue weighted by molar-refractivity contribution is 7.98. The van der Waals surface area contributed by atoms with Crippen molar-refractivity contribution >= 4 is 17.7 Å². The minimum absolute atomic E-state index is 0.0450. The molecule has 1 amide bonds. The van der Waals surface area contributed by atoms with Crippen LogP contribution in [-0.4, -0.2) is 61.3 Å². The fourth-order valence-electron chi connectivity index (χ4n) is 4.76. The lowest BCUT2D eigenvalue weighted by atomic mass is 9.77. The molecule has 3 fully saturated rings. The maximum Gasteiger partial charge on any atom is 0.256 e. The zero-order valence-corrected chi connectivity index (χ0v) is 16.8. The molecule has 2 aliphatic carbocycles. The molecule has 0 radical (unpaired) electrons. The molecule has 0 unspecified atom stereocenters. The number of aromatic nitrogens is 4. The van der Waals surface area contributed by atoms with Gasteiger partial charge in [-0.05, 0) is 55.9 Å². The van der Waals surface area contributed by atoms with Crippen LogP contribution >= 0.6 is 11.8 Å². The fourth-order valence-corrected chi connectivity index (χ4v) is 5.30. The van der Waals surface area contributed by atoms with Crippen LogP contribution in [0.15, 0.2) is 29.6 Å². The number of pyridine rings is 1. The number of nitrogens with zero attached hydrogens (tertiary/aromatic N) is 5. The van der Waals surface area contributed by atoms with E-state index in [4.69, 9.17) is 0 Å². The van der Waals surface area contributed by atoms with Crippen LogP contribution in [0, 0.1) is 11.8 Å². The molecule has 2 aromatic heterocycles. The number of aliphatic hydroxyl groups excluding tert-OH is 1. The quantitative estimate of drug-likeness (QED) is 0.795. The van der Waals surface area contributed by atoms with Gasteiger partial charge in [-0.15, -0.1) is 16.9 Å². The lowest BCUT2D eigenvalue weighted by Gasteiger charge is -2.34. The Labute approximate surface area is 168 Å². The number of carbonyl (C=O) groups excluding carboxylic acids is 1. The van der Waals surface area contributed by atoms with Crippen LogP contribution in [0.2, 0.25) is 0 Å². The van der Waals surface area contributed by atoms with Crippen molar-refractivity contribution in [3.63, 3.8) is 0 Å². The number of thioether (sulfide) groups is 1. The zero-order chi connectivity index (χ0) is 19.3. The number of hydrogen-bond donors (Lipinski definition) is 1. The maximum absolute atomic E-state index is 13.1. The first-order valence-corrected chi connectivity index (χ1v) is 11.2. The van der Waals surface area contributed by atoms with Crippen molar-refractivity contribution in [3.8, 4) is 0 Å². The predicted molar refractivity (Wildman–Crippen MR) is 105 cm³/mol. The molecule has 1 aliphatic heterocycles. The standard InChI is InChI=1S/C20H25N5O2S/c1-28-19-15(3-2-6-21-19)20(27)24-9-13-7-17(18(26)8-14(13)10-24)25-11-16(22-23-25)12-4-5-12/h2-3,6,11-14,17-18,26H,4-5,7-10H2,1H3/t13-,14+,17-,18-/m1/s1. The topological polar surface area (TPSA) is 84.1 Å². The van der Waals surface area contributed by atoms with E-state index in [1.54, 1.807) is 6.20 Å². The summed E-state index contributed by atoms with van der Waals surface area (Å²) >= 11 is 1.50. The van der Waals surface area contributed by atoms with E-state index in [1.165, 1.54) is 24.6 Å². The van der Waals surface area contributed by atoms with E-state index in [1.807, 2.05) is 34.2 Å². The molecule has 0 bridgehead atoms. The third-order valence-corrected chi connectivity index (χ3v) is 7.17. The normalized spacial score (nSPS) is 29.7. The van der Waals surface area contributed by atoms with Crippen LogP contribution in [0.25, 0.3) is 0 Å². The van der Waals surface area contributed by atoms with Crippen molar-refractivity contribution in [1.29, 1.82) is 0 Å². The fraction of sp³-hybridized carbons (Fsp3) is 0.600. The number of hydrogen-bond acceptors (Lipinski definition) is 6. The van der Waals surface area contributed by atoms with Gasteiger partial charge < -0.3 is 10.0 Å². The van der Waals surface area contributed by atoms with Gasteiger partial charge in [0.1, 0.15) is 5.03 Å². The third-order valence-electron chi connectivity index (χ3n) is 6.45. The first-order chi connectivity index (χ1) is 13.6. The predicted octanol–water partition coefficient (Wildman–Crippen LogP) is 2.36. The molecule has 4 atom stereocenters. The Morgan fingerprint density at radius 2 is 2.04 bits per heavy atom. The van der Waals surface area contributed by atoms with Crippen molar-refractivity contribution in [3.05, 3.63) is 35.8 Å². The molecule has 7 nitrogen and oxygen atoms in total. The molecule has 0 spiro atoms. The number of rotatable bonds is 4. The molecule has 1 N–H and O–H groups in total. The Hall–Kier alpha value is -1.93. The average Bonchev–Trinajstić information content (AvgIpc) is 3.30. The van der Waals surface area contributed by atoms with E-state index in [9.17, 15) is 9.90 Å². The SMILES string of the molecule is CSc1ncccc1C(=O)N1C[C@H]2C[C@@H](n3cc(C4CC4)nn3)[C@H](O)C[C@H]2C1. The highest BCUT2D eigenvalue weighted by Gasteiger charge is 2.44. The highest BCUT2D eigenvalue weighted by atomic mass is 32.2. The van der Waals surface area contributed by atoms with Crippen molar-refractivity contribution in [1.82, 2.24) is 24.9 Å². The Balaban J connectivity index is 1.31. The molecule has 2 saturated carbocycles. The van der Waals surface area contributed by atoms with Gasteiger partial charge in [0.25, 0.3) is 5.91 Å². The van der Waals surface area contributed by atoms with Crippen LogP contribution in [0.3, 0.4) is 0 Å². The van der Waals surface area contributed by atoms with Crippen LogP contribution in [-0.2, 0) is 0 Å². The van der Waals surface area contributed by atoms with Crippen LogP contribution in [0.5, 0.6) is 0 Å². The van der Waals surface area contributed by atoms with Gasteiger partial charge in [0.15, 0.2) is 0 Å². The van der Waals surface area contributed by atoms with E-state index in [0.717, 1.165) is 23.7 Å².